The second-order valence-corrected chi connectivity index (χ2v) is 8.08. The molecule has 5 nitrogen and oxygen atoms in total. The Labute approximate surface area is 194 Å². The Kier molecular flexibility index (Phi) is 7.07. The van der Waals surface area contributed by atoms with Crippen LogP contribution in [0.15, 0.2) is 36.4 Å². The molecule has 0 aliphatic carbocycles. The molecule has 9 heteroatoms. The van der Waals surface area contributed by atoms with Crippen molar-refractivity contribution in [3.63, 3.8) is 0 Å². The topological polar surface area (TPSA) is 57.5 Å². The molecule has 33 heavy (non-hydrogen) atoms. The van der Waals surface area contributed by atoms with Crippen LogP contribution in [0, 0.1) is 6.92 Å². The minimum Gasteiger partial charge on any atom is -0.495 e. The number of alkyl halides is 3. The monoisotopic (exact) mass is 481 g/mol. The first-order chi connectivity index (χ1) is 15.5. The highest BCUT2D eigenvalue weighted by Crippen LogP contribution is 2.36. The van der Waals surface area contributed by atoms with Gasteiger partial charge in [-0.05, 0) is 62.2 Å². The molecule has 0 saturated heterocycles. The maximum Gasteiger partial charge on any atom is 0.416 e. The number of aromatic nitrogens is 1. The molecule has 0 bridgehead atoms. The molecule has 1 unspecified atom stereocenters. The van der Waals surface area contributed by atoms with Crippen LogP contribution in [-0.4, -0.2) is 29.7 Å². The van der Waals surface area contributed by atoms with Crippen LogP contribution in [0.1, 0.15) is 47.4 Å². The van der Waals surface area contributed by atoms with Crippen molar-refractivity contribution < 1.29 is 32.2 Å². The average molecular weight is 482 g/mol. The normalized spacial score (nSPS) is 12.6. The summed E-state index contributed by atoms with van der Waals surface area (Å²) in [5.41, 5.74) is 0.626. The molecule has 0 spiro atoms. The van der Waals surface area contributed by atoms with Gasteiger partial charge in [0.05, 0.1) is 35.7 Å². The summed E-state index contributed by atoms with van der Waals surface area (Å²) >= 11 is 6.29. The van der Waals surface area contributed by atoms with Crippen molar-refractivity contribution in [1.29, 1.82) is 0 Å². The molecule has 0 saturated carbocycles. The van der Waals surface area contributed by atoms with E-state index >= 15 is 0 Å². The fourth-order valence-corrected chi connectivity index (χ4v) is 3.78. The molecule has 0 fully saturated rings. The fourth-order valence-electron chi connectivity index (χ4n) is 3.55. The zero-order valence-corrected chi connectivity index (χ0v) is 19.3. The lowest BCUT2D eigenvalue weighted by atomic mass is 10.1. The van der Waals surface area contributed by atoms with Crippen molar-refractivity contribution >= 4 is 34.4 Å². The highest BCUT2D eigenvalue weighted by molar-refractivity contribution is 6.33. The lowest BCUT2D eigenvalue weighted by Gasteiger charge is -2.11. The van der Waals surface area contributed by atoms with Gasteiger partial charge in [-0.2, -0.15) is 13.2 Å². The highest BCUT2D eigenvalue weighted by atomic mass is 35.5. The number of benzene rings is 2. The quantitative estimate of drug-likeness (QED) is 0.393. The predicted octanol–water partition coefficient (Wildman–Crippen LogP) is 6.20. The second kappa shape index (κ2) is 9.47. The number of carbonyl (C=O) groups is 2. The van der Waals surface area contributed by atoms with Crippen LogP contribution in [0.5, 0.6) is 5.75 Å². The lowest BCUT2D eigenvalue weighted by molar-refractivity contribution is -0.147. The first-order valence-electron chi connectivity index (χ1n) is 10.3. The van der Waals surface area contributed by atoms with Gasteiger partial charge < -0.3 is 9.47 Å². The lowest BCUT2D eigenvalue weighted by Crippen LogP contribution is -2.17. The van der Waals surface area contributed by atoms with Gasteiger partial charge in [-0.1, -0.05) is 18.5 Å². The fraction of sp³-hybridized carbons (Fsp3) is 0.333. The summed E-state index contributed by atoms with van der Waals surface area (Å²) in [5, 5.41) is 0.813. The van der Waals surface area contributed by atoms with Gasteiger partial charge >= 0.3 is 12.1 Å². The molecule has 0 aliphatic heterocycles. The molecule has 176 valence electrons. The van der Waals surface area contributed by atoms with Crippen molar-refractivity contribution in [2.75, 3.05) is 7.11 Å². The van der Waals surface area contributed by atoms with E-state index in [2.05, 4.69) is 0 Å². The number of hydrogen-bond acceptors (Lipinski definition) is 4. The smallest absolute Gasteiger partial charge is 0.416 e. The highest BCUT2D eigenvalue weighted by Gasteiger charge is 2.30. The van der Waals surface area contributed by atoms with Crippen LogP contribution in [-0.2, 0) is 22.1 Å². The Morgan fingerprint density at radius 1 is 1.15 bits per heavy atom. The number of esters is 1. The number of rotatable bonds is 6. The molecule has 1 heterocycles. The second-order valence-electron chi connectivity index (χ2n) is 7.67. The number of ether oxygens (including phenoxy) is 2. The van der Waals surface area contributed by atoms with Crippen LogP contribution >= 0.6 is 11.6 Å². The molecule has 3 aromatic rings. The molecular weight excluding hydrogens is 459 g/mol. The summed E-state index contributed by atoms with van der Waals surface area (Å²) in [7, 11) is 1.45. The van der Waals surface area contributed by atoms with E-state index in [0.29, 0.717) is 34.3 Å². The zero-order chi connectivity index (χ0) is 24.5. The summed E-state index contributed by atoms with van der Waals surface area (Å²) in [6, 6.07) is 7.13. The van der Waals surface area contributed by atoms with Gasteiger partial charge in [0, 0.05) is 16.6 Å². The molecule has 2 aromatic carbocycles. The Bertz CT molecular complexity index is 1200. The SMILES string of the molecule is CCC(C)OC(=O)Cc1c(C)n(C(=O)c2ccc(C(F)(F)F)cc2)c2cc(Cl)c(OC)cc12. The largest absolute Gasteiger partial charge is 0.495 e. The van der Waals surface area contributed by atoms with E-state index in [1.54, 1.807) is 19.9 Å². The molecular formula is C24H23ClF3NO4. The first-order valence-corrected chi connectivity index (χ1v) is 10.6. The van der Waals surface area contributed by atoms with E-state index in [1.165, 1.54) is 17.7 Å². The van der Waals surface area contributed by atoms with Gasteiger partial charge in [-0.15, -0.1) is 0 Å². The zero-order valence-electron chi connectivity index (χ0n) is 18.5. The van der Waals surface area contributed by atoms with Gasteiger partial charge in [0.1, 0.15) is 5.75 Å². The Balaban J connectivity index is 2.13. The van der Waals surface area contributed by atoms with Crippen molar-refractivity contribution in [2.24, 2.45) is 0 Å². The Morgan fingerprint density at radius 2 is 1.79 bits per heavy atom. The van der Waals surface area contributed by atoms with Crippen LogP contribution in [0.3, 0.4) is 0 Å². The number of fused-ring (bicyclic) bond motifs is 1. The molecule has 1 atom stereocenters. The summed E-state index contributed by atoms with van der Waals surface area (Å²) < 4.78 is 50.8. The van der Waals surface area contributed by atoms with E-state index < -0.39 is 23.6 Å². The van der Waals surface area contributed by atoms with Crippen LogP contribution < -0.4 is 4.74 Å². The predicted molar refractivity (Wildman–Crippen MR) is 119 cm³/mol. The number of methoxy groups -OCH3 is 1. The van der Waals surface area contributed by atoms with E-state index in [-0.39, 0.29) is 23.1 Å². The van der Waals surface area contributed by atoms with Crippen LogP contribution in [0.25, 0.3) is 10.9 Å². The molecule has 0 N–H and O–H groups in total. The van der Waals surface area contributed by atoms with Crippen LogP contribution in [0.2, 0.25) is 5.02 Å². The van der Waals surface area contributed by atoms with Crippen molar-refractivity contribution in [1.82, 2.24) is 4.57 Å². The van der Waals surface area contributed by atoms with Gasteiger partial charge in [-0.25, -0.2) is 0 Å². The summed E-state index contributed by atoms with van der Waals surface area (Å²) in [5.74, 6) is -0.642. The van der Waals surface area contributed by atoms with Crippen molar-refractivity contribution in [3.8, 4) is 5.75 Å². The van der Waals surface area contributed by atoms with Gasteiger partial charge in [-0.3, -0.25) is 14.2 Å². The van der Waals surface area contributed by atoms with Crippen molar-refractivity contribution in [3.05, 3.63) is 63.8 Å². The van der Waals surface area contributed by atoms with E-state index in [0.717, 1.165) is 24.3 Å². The molecule has 0 radical (unpaired) electrons. The number of halogens is 4. The minimum atomic E-state index is -4.51. The van der Waals surface area contributed by atoms with Gasteiger partial charge in [0.15, 0.2) is 0 Å². The maximum absolute atomic E-state index is 13.3. The average Bonchev–Trinajstić information content (AvgIpc) is 3.02. The van der Waals surface area contributed by atoms with Gasteiger partial charge in [0.2, 0.25) is 0 Å². The standard InChI is InChI=1S/C24H23ClF3NO4/c1-5-13(2)33-22(30)11-17-14(3)29(20-12-19(25)21(32-4)10-18(17)20)23(31)15-6-8-16(9-7-15)24(26,27)28/h6-10,12-13H,5,11H2,1-4H3. The Hall–Kier alpha value is -3.00. The third-order valence-corrected chi connectivity index (χ3v) is 5.79. The van der Waals surface area contributed by atoms with E-state index in [1.807, 2.05) is 6.92 Å². The van der Waals surface area contributed by atoms with Crippen molar-refractivity contribution in [2.45, 2.75) is 45.9 Å². The maximum atomic E-state index is 13.3. The summed E-state index contributed by atoms with van der Waals surface area (Å²) in [6.07, 6.45) is -4.21. The number of nitrogens with zero attached hydrogens (tertiary/aromatic N) is 1. The molecule has 3 rings (SSSR count). The third kappa shape index (κ3) is 5.00. The molecule has 0 aliphatic rings. The van der Waals surface area contributed by atoms with Crippen LogP contribution in [0.4, 0.5) is 13.2 Å². The van der Waals surface area contributed by atoms with E-state index in [9.17, 15) is 22.8 Å². The third-order valence-electron chi connectivity index (χ3n) is 5.50. The van der Waals surface area contributed by atoms with E-state index in [4.69, 9.17) is 21.1 Å². The number of carbonyl (C=O) groups excluding carboxylic acids is 2. The minimum absolute atomic E-state index is 0.0590. The summed E-state index contributed by atoms with van der Waals surface area (Å²) in [4.78, 5) is 25.8. The first kappa shape index (κ1) is 24.6. The van der Waals surface area contributed by atoms with Gasteiger partial charge in [0.25, 0.3) is 5.91 Å². The Morgan fingerprint density at radius 3 is 2.33 bits per heavy atom. The molecule has 0 amide bonds. The summed E-state index contributed by atoms with van der Waals surface area (Å²) in [6.45, 7) is 5.34. The molecule has 1 aromatic heterocycles. The number of hydrogen-bond donors (Lipinski definition) is 0.